The number of carbonyl (C=O) groups is 1. The van der Waals surface area contributed by atoms with E-state index in [2.05, 4.69) is 17.4 Å². The summed E-state index contributed by atoms with van der Waals surface area (Å²) >= 11 is 0. The lowest BCUT2D eigenvalue weighted by Gasteiger charge is -2.29. The van der Waals surface area contributed by atoms with E-state index in [1.807, 2.05) is 24.1 Å². The molecule has 1 heterocycles. The average Bonchev–Trinajstić information content (AvgIpc) is 2.50. The van der Waals surface area contributed by atoms with E-state index in [1.54, 1.807) is 0 Å². The molecular weight excluding hydrogens is 252 g/mol. The second kappa shape index (κ2) is 7.41. The predicted octanol–water partition coefficient (Wildman–Crippen LogP) is 1.32. The summed E-state index contributed by atoms with van der Waals surface area (Å²) in [5, 5.41) is 12.1. The van der Waals surface area contributed by atoms with Crippen molar-refractivity contribution < 1.29 is 9.90 Å². The second-order valence-electron chi connectivity index (χ2n) is 5.45. The molecule has 1 aromatic carbocycles. The van der Waals surface area contributed by atoms with Gasteiger partial charge < -0.3 is 15.3 Å². The normalized spacial score (nSPS) is 17.6. The van der Waals surface area contributed by atoms with Crippen molar-refractivity contribution in [2.45, 2.75) is 38.3 Å². The van der Waals surface area contributed by atoms with Crippen LogP contribution in [0.1, 0.15) is 30.4 Å². The molecule has 1 aromatic rings. The van der Waals surface area contributed by atoms with E-state index in [0.717, 1.165) is 38.8 Å². The largest absolute Gasteiger partial charge is 0.396 e. The molecule has 0 aliphatic carbocycles. The number of rotatable bonds is 6. The summed E-state index contributed by atoms with van der Waals surface area (Å²) in [5.74, 6) is 0.170. The van der Waals surface area contributed by atoms with Crippen LogP contribution in [0.15, 0.2) is 24.3 Å². The van der Waals surface area contributed by atoms with Crippen LogP contribution in [-0.4, -0.2) is 42.2 Å². The first-order valence-corrected chi connectivity index (χ1v) is 7.38. The summed E-state index contributed by atoms with van der Waals surface area (Å²) in [6.45, 7) is 1.77. The zero-order valence-corrected chi connectivity index (χ0v) is 12.1. The Kier molecular flexibility index (Phi) is 5.56. The molecule has 4 heteroatoms. The van der Waals surface area contributed by atoms with Gasteiger partial charge >= 0.3 is 0 Å². The fraction of sp³-hybridized carbons (Fsp3) is 0.562. The van der Waals surface area contributed by atoms with Crippen LogP contribution >= 0.6 is 0 Å². The zero-order valence-electron chi connectivity index (χ0n) is 12.1. The van der Waals surface area contributed by atoms with Crippen molar-refractivity contribution in [1.82, 2.24) is 10.2 Å². The van der Waals surface area contributed by atoms with Gasteiger partial charge in [-0.3, -0.25) is 4.79 Å². The number of unbranched alkanes of at least 4 members (excludes halogenated alkanes) is 2. The maximum atomic E-state index is 12.4. The lowest BCUT2D eigenvalue weighted by Crippen LogP contribution is -2.48. The van der Waals surface area contributed by atoms with E-state index in [4.69, 9.17) is 5.11 Å². The molecule has 1 aliphatic rings. The lowest BCUT2D eigenvalue weighted by molar-refractivity contribution is -0.132. The smallest absolute Gasteiger partial charge is 0.239 e. The zero-order chi connectivity index (χ0) is 14.4. The number of amides is 1. The summed E-state index contributed by atoms with van der Waals surface area (Å²) in [7, 11) is 1.86. The Balaban J connectivity index is 1.84. The molecule has 0 aromatic heterocycles. The van der Waals surface area contributed by atoms with Crippen molar-refractivity contribution in [2.75, 3.05) is 20.2 Å². The van der Waals surface area contributed by atoms with Gasteiger partial charge in [-0.2, -0.15) is 0 Å². The second-order valence-corrected chi connectivity index (χ2v) is 5.45. The number of likely N-dealkylation sites (N-methyl/N-ethyl adjacent to an activating group) is 1. The Hall–Kier alpha value is -1.39. The number of hydrogen-bond acceptors (Lipinski definition) is 3. The monoisotopic (exact) mass is 276 g/mol. The fourth-order valence-corrected chi connectivity index (χ4v) is 2.64. The minimum atomic E-state index is -0.104. The highest BCUT2D eigenvalue weighted by Crippen LogP contribution is 2.17. The van der Waals surface area contributed by atoms with Gasteiger partial charge in [-0.15, -0.1) is 0 Å². The van der Waals surface area contributed by atoms with E-state index in [1.165, 1.54) is 11.1 Å². The van der Waals surface area contributed by atoms with Crippen LogP contribution in [0.5, 0.6) is 0 Å². The van der Waals surface area contributed by atoms with Crippen LogP contribution < -0.4 is 5.32 Å². The molecule has 0 bridgehead atoms. The van der Waals surface area contributed by atoms with Crippen LogP contribution in [0.4, 0.5) is 0 Å². The molecule has 2 rings (SSSR count). The van der Waals surface area contributed by atoms with Crippen LogP contribution in [0.25, 0.3) is 0 Å². The number of carbonyl (C=O) groups excluding carboxylic acids is 1. The van der Waals surface area contributed by atoms with Crippen molar-refractivity contribution >= 4 is 5.91 Å². The van der Waals surface area contributed by atoms with Gasteiger partial charge in [0.2, 0.25) is 5.91 Å². The van der Waals surface area contributed by atoms with Crippen LogP contribution in [0.3, 0.4) is 0 Å². The molecule has 0 spiro atoms. The first-order chi connectivity index (χ1) is 9.72. The minimum Gasteiger partial charge on any atom is -0.396 e. The number of aliphatic hydroxyl groups is 1. The highest BCUT2D eigenvalue weighted by atomic mass is 16.2. The predicted molar refractivity (Wildman–Crippen MR) is 79.3 cm³/mol. The minimum absolute atomic E-state index is 0.104. The van der Waals surface area contributed by atoms with Gasteiger partial charge in [0, 0.05) is 26.7 Å². The first-order valence-electron chi connectivity index (χ1n) is 7.38. The average molecular weight is 276 g/mol. The summed E-state index contributed by atoms with van der Waals surface area (Å²) < 4.78 is 0. The van der Waals surface area contributed by atoms with Crippen molar-refractivity contribution in [3.05, 3.63) is 35.4 Å². The molecule has 0 fully saturated rings. The van der Waals surface area contributed by atoms with Crippen molar-refractivity contribution in [3.8, 4) is 0 Å². The maximum absolute atomic E-state index is 12.4. The third-order valence-electron chi connectivity index (χ3n) is 3.91. The number of benzene rings is 1. The van der Waals surface area contributed by atoms with Crippen LogP contribution in [0, 0.1) is 0 Å². The third-order valence-corrected chi connectivity index (χ3v) is 3.91. The van der Waals surface area contributed by atoms with E-state index >= 15 is 0 Å². The molecule has 0 saturated carbocycles. The summed E-state index contributed by atoms with van der Waals surface area (Å²) in [4.78, 5) is 14.2. The number of nitrogens with one attached hydrogen (secondary N) is 1. The molecule has 20 heavy (non-hydrogen) atoms. The first kappa shape index (κ1) is 15.0. The SMILES string of the molecule is CN(CCCCCO)C(=O)[C@H]1Cc2ccccc2CN1. The highest BCUT2D eigenvalue weighted by molar-refractivity contribution is 5.82. The molecule has 0 saturated heterocycles. The van der Waals surface area contributed by atoms with Gasteiger partial charge in [0.15, 0.2) is 0 Å². The summed E-state index contributed by atoms with van der Waals surface area (Å²) in [5.41, 5.74) is 2.57. The Morgan fingerprint density at radius 2 is 2.05 bits per heavy atom. The third kappa shape index (κ3) is 3.81. The summed E-state index contributed by atoms with van der Waals surface area (Å²) in [6.07, 6.45) is 3.51. The molecule has 1 amide bonds. The topological polar surface area (TPSA) is 52.6 Å². The molecule has 1 atom stereocenters. The molecular formula is C16H24N2O2. The molecule has 0 radical (unpaired) electrons. The number of fused-ring (bicyclic) bond motifs is 1. The molecule has 110 valence electrons. The Morgan fingerprint density at radius 3 is 2.80 bits per heavy atom. The maximum Gasteiger partial charge on any atom is 0.239 e. The molecule has 2 N–H and O–H groups in total. The summed E-state index contributed by atoms with van der Waals surface area (Å²) in [6, 6.07) is 8.19. The number of nitrogens with zero attached hydrogens (tertiary/aromatic N) is 1. The van der Waals surface area contributed by atoms with E-state index < -0.39 is 0 Å². The highest BCUT2D eigenvalue weighted by Gasteiger charge is 2.25. The van der Waals surface area contributed by atoms with Gasteiger partial charge in [-0.05, 0) is 36.8 Å². The van der Waals surface area contributed by atoms with Gasteiger partial charge in [-0.1, -0.05) is 24.3 Å². The fourth-order valence-electron chi connectivity index (χ4n) is 2.64. The van der Waals surface area contributed by atoms with E-state index in [-0.39, 0.29) is 18.6 Å². The lowest BCUT2D eigenvalue weighted by atomic mass is 9.95. The van der Waals surface area contributed by atoms with Crippen LogP contribution in [0.2, 0.25) is 0 Å². The van der Waals surface area contributed by atoms with Crippen LogP contribution in [-0.2, 0) is 17.8 Å². The Labute approximate surface area is 120 Å². The Bertz CT molecular complexity index is 448. The number of hydrogen-bond donors (Lipinski definition) is 2. The standard InChI is InChI=1S/C16H24N2O2/c1-18(9-5-2-6-10-19)16(20)15-11-13-7-3-4-8-14(13)12-17-15/h3-4,7-8,15,17,19H,2,5-6,9-12H2,1H3/t15-/m1/s1. The molecule has 4 nitrogen and oxygen atoms in total. The van der Waals surface area contributed by atoms with E-state index in [0.29, 0.717) is 0 Å². The van der Waals surface area contributed by atoms with E-state index in [9.17, 15) is 4.79 Å². The van der Waals surface area contributed by atoms with Crippen molar-refractivity contribution in [3.63, 3.8) is 0 Å². The van der Waals surface area contributed by atoms with Crippen molar-refractivity contribution in [1.29, 1.82) is 0 Å². The van der Waals surface area contributed by atoms with Crippen molar-refractivity contribution in [2.24, 2.45) is 0 Å². The van der Waals surface area contributed by atoms with Gasteiger partial charge in [-0.25, -0.2) is 0 Å². The van der Waals surface area contributed by atoms with Gasteiger partial charge in [0.05, 0.1) is 6.04 Å². The quantitative estimate of drug-likeness (QED) is 0.771. The Morgan fingerprint density at radius 1 is 1.30 bits per heavy atom. The number of aliphatic hydroxyl groups excluding tert-OH is 1. The van der Waals surface area contributed by atoms with Gasteiger partial charge in [0.1, 0.15) is 0 Å². The van der Waals surface area contributed by atoms with Gasteiger partial charge in [0.25, 0.3) is 0 Å². The molecule has 0 unspecified atom stereocenters. The molecule has 1 aliphatic heterocycles.